The number of nitrogens with zero attached hydrogens (tertiary/aromatic N) is 3. The number of aromatic hydroxyl groups is 1. The van der Waals surface area contributed by atoms with Crippen LogP contribution in [-0.4, -0.2) is 58.1 Å². The Balaban J connectivity index is 1.67. The van der Waals surface area contributed by atoms with Crippen LogP contribution in [0.3, 0.4) is 0 Å². The summed E-state index contributed by atoms with van der Waals surface area (Å²) in [5.41, 5.74) is 2.43. The monoisotopic (exact) mass is 357 g/mol. The number of carbonyl (C=O) groups excluding carboxylic acids is 2. The standard InChI is InChI=1S/C19H23N3O4/c1-4-15-11-16(20-26-15)18(24)21-5-7-22(8-6-21)19(25)17-12(2)9-14(23)10-13(17)3/h9-11,23H,4-8H2,1-3H3. The van der Waals surface area contributed by atoms with E-state index in [2.05, 4.69) is 5.16 Å². The van der Waals surface area contributed by atoms with Crippen molar-refractivity contribution in [2.45, 2.75) is 27.2 Å². The third kappa shape index (κ3) is 3.42. The van der Waals surface area contributed by atoms with Gasteiger partial charge >= 0.3 is 0 Å². The van der Waals surface area contributed by atoms with Crippen molar-refractivity contribution in [1.82, 2.24) is 15.0 Å². The second-order valence-electron chi connectivity index (χ2n) is 6.57. The van der Waals surface area contributed by atoms with Crippen LogP contribution >= 0.6 is 0 Å². The lowest BCUT2D eigenvalue weighted by Crippen LogP contribution is -2.50. The van der Waals surface area contributed by atoms with Gasteiger partial charge in [-0.15, -0.1) is 0 Å². The Hall–Kier alpha value is -2.83. The molecule has 0 radical (unpaired) electrons. The minimum absolute atomic E-state index is 0.0678. The summed E-state index contributed by atoms with van der Waals surface area (Å²) >= 11 is 0. The number of rotatable bonds is 3. The van der Waals surface area contributed by atoms with Crippen molar-refractivity contribution in [2.75, 3.05) is 26.2 Å². The molecule has 3 rings (SSSR count). The molecule has 1 fully saturated rings. The van der Waals surface area contributed by atoms with Crippen LogP contribution in [0.15, 0.2) is 22.7 Å². The number of aryl methyl sites for hydroxylation is 3. The quantitative estimate of drug-likeness (QED) is 0.910. The molecule has 1 aliphatic rings. The van der Waals surface area contributed by atoms with Crippen LogP contribution < -0.4 is 0 Å². The van der Waals surface area contributed by atoms with Crippen molar-refractivity contribution in [2.24, 2.45) is 0 Å². The molecular formula is C19H23N3O4. The van der Waals surface area contributed by atoms with Gasteiger partial charge in [0.15, 0.2) is 5.69 Å². The van der Waals surface area contributed by atoms with Crippen molar-refractivity contribution in [1.29, 1.82) is 0 Å². The van der Waals surface area contributed by atoms with Crippen LogP contribution in [0.1, 0.15) is 44.7 Å². The van der Waals surface area contributed by atoms with Crippen LogP contribution in [-0.2, 0) is 6.42 Å². The summed E-state index contributed by atoms with van der Waals surface area (Å²) < 4.78 is 5.10. The predicted octanol–water partition coefficient (Wildman–Crippen LogP) is 2.16. The summed E-state index contributed by atoms with van der Waals surface area (Å²) in [4.78, 5) is 28.8. The molecule has 0 aliphatic carbocycles. The number of benzene rings is 1. The van der Waals surface area contributed by atoms with E-state index in [1.807, 2.05) is 20.8 Å². The van der Waals surface area contributed by atoms with Crippen molar-refractivity contribution in [3.8, 4) is 5.75 Å². The third-order valence-corrected chi connectivity index (χ3v) is 4.71. The van der Waals surface area contributed by atoms with Gasteiger partial charge in [0.25, 0.3) is 11.8 Å². The average Bonchev–Trinajstić information content (AvgIpc) is 3.09. The van der Waals surface area contributed by atoms with E-state index in [-0.39, 0.29) is 17.6 Å². The van der Waals surface area contributed by atoms with E-state index in [0.717, 1.165) is 11.1 Å². The molecule has 0 atom stereocenters. The molecule has 26 heavy (non-hydrogen) atoms. The first-order valence-electron chi connectivity index (χ1n) is 8.75. The summed E-state index contributed by atoms with van der Waals surface area (Å²) in [5.74, 6) is 0.603. The molecule has 138 valence electrons. The summed E-state index contributed by atoms with van der Waals surface area (Å²) in [6.07, 6.45) is 0.688. The molecule has 7 heteroatoms. The number of phenolic OH excluding ortho intramolecular Hbond substituents is 1. The van der Waals surface area contributed by atoms with Crippen LogP contribution in [0, 0.1) is 13.8 Å². The minimum atomic E-state index is -0.169. The molecular weight excluding hydrogens is 334 g/mol. The zero-order chi connectivity index (χ0) is 18.8. The van der Waals surface area contributed by atoms with Crippen LogP contribution in [0.5, 0.6) is 5.75 Å². The highest BCUT2D eigenvalue weighted by atomic mass is 16.5. The first-order chi connectivity index (χ1) is 12.4. The van der Waals surface area contributed by atoms with Gasteiger partial charge < -0.3 is 19.4 Å². The fraction of sp³-hybridized carbons (Fsp3) is 0.421. The maximum atomic E-state index is 12.9. The highest BCUT2D eigenvalue weighted by Gasteiger charge is 2.28. The van der Waals surface area contributed by atoms with Gasteiger partial charge in [-0.1, -0.05) is 12.1 Å². The predicted molar refractivity (Wildman–Crippen MR) is 95.3 cm³/mol. The lowest BCUT2D eigenvalue weighted by molar-refractivity contribution is 0.0529. The van der Waals surface area contributed by atoms with E-state index in [1.165, 1.54) is 0 Å². The fourth-order valence-corrected chi connectivity index (χ4v) is 3.29. The number of amides is 2. The highest BCUT2D eigenvalue weighted by Crippen LogP contribution is 2.23. The van der Waals surface area contributed by atoms with Gasteiger partial charge in [-0.3, -0.25) is 9.59 Å². The zero-order valence-corrected chi connectivity index (χ0v) is 15.3. The van der Waals surface area contributed by atoms with E-state index < -0.39 is 0 Å². The van der Waals surface area contributed by atoms with Gasteiger partial charge in [-0.2, -0.15) is 0 Å². The Morgan fingerprint density at radius 2 is 1.58 bits per heavy atom. The van der Waals surface area contributed by atoms with Gasteiger partial charge in [-0.25, -0.2) is 0 Å². The fourth-order valence-electron chi connectivity index (χ4n) is 3.29. The average molecular weight is 357 g/mol. The Morgan fingerprint density at radius 3 is 2.08 bits per heavy atom. The molecule has 1 aliphatic heterocycles. The SMILES string of the molecule is CCc1cc(C(=O)N2CCN(C(=O)c3c(C)cc(O)cc3C)CC2)no1. The first kappa shape index (κ1) is 18.0. The van der Waals surface area contributed by atoms with E-state index >= 15 is 0 Å². The number of carbonyl (C=O) groups is 2. The Labute approximate surface area is 152 Å². The van der Waals surface area contributed by atoms with Crippen molar-refractivity contribution in [3.05, 3.63) is 46.3 Å². The molecule has 1 aromatic carbocycles. The third-order valence-electron chi connectivity index (χ3n) is 4.71. The number of aromatic nitrogens is 1. The molecule has 0 spiro atoms. The Morgan fingerprint density at radius 1 is 1.04 bits per heavy atom. The molecule has 2 heterocycles. The van der Waals surface area contributed by atoms with Crippen LogP contribution in [0.2, 0.25) is 0 Å². The van der Waals surface area contributed by atoms with Crippen LogP contribution in [0.4, 0.5) is 0 Å². The molecule has 0 saturated carbocycles. The second-order valence-corrected chi connectivity index (χ2v) is 6.57. The Bertz CT molecular complexity index is 812. The highest BCUT2D eigenvalue weighted by molar-refractivity contribution is 5.97. The topological polar surface area (TPSA) is 86.9 Å². The van der Waals surface area contributed by atoms with E-state index in [1.54, 1.807) is 28.0 Å². The largest absolute Gasteiger partial charge is 0.508 e. The molecule has 7 nitrogen and oxygen atoms in total. The minimum Gasteiger partial charge on any atom is -0.508 e. The molecule has 1 aromatic heterocycles. The number of phenols is 1. The number of hydrogen-bond acceptors (Lipinski definition) is 5. The lowest BCUT2D eigenvalue weighted by atomic mass is 10.0. The molecule has 1 saturated heterocycles. The molecule has 2 amide bonds. The molecule has 2 aromatic rings. The zero-order valence-electron chi connectivity index (χ0n) is 15.3. The lowest BCUT2D eigenvalue weighted by Gasteiger charge is -2.35. The summed E-state index contributed by atoms with van der Waals surface area (Å²) in [5, 5.41) is 13.5. The van der Waals surface area contributed by atoms with Crippen LogP contribution in [0.25, 0.3) is 0 Å². The van der Waals surface area contributed by atoms with Gasteiger partial charge in [0, 0.05) is 44.2 Å². The summed E-state index contributed by atoms with van der Waals surface area (Å²) in [6, 6.07) is 4.86. The number of piperazine rings is 1. The maximum Gasteiger partial charge on any atom is 0.276 e. The van der Waals surface area contributed by atoms with E-state index in [4.69, 9.17) is 4.52 Å². The molecule has 0 bridgehead atoms. The van der Waals surface area contributed by atoms with Gasteiger partial charge in [0.2, 0.25) is 0 Å². The summed E-state index contributed by atoms with van der Waals surface area (Å²) in [6.45, 7) is 7.40. The van der Waals surface area contributed by atoms with Gasteiger partial charge in [0.05, 0.1) is 0 Å². The van der Waals surface area contributed by atoms with Gasteiger partial charge in [0.1, 0.15) is 11.5 Å². The maximum absolute atomic E-state index is 12.9. The Kier molecular flexibility index (Phi) is 4.97. The molecule has 0 unspecified atom stereocenters. The smallest absolute Gasteiger partial charge is 0.276 e. The van der Waals surface area contributed by atoms with E-state index in [9.17, 15) is 14.7 Å². The summed E-state index contributed by atoms with van der Waals surface area (Å²) in [7, 11) is 0. The van der Waals surface area contributed by atoms with Crippen molar-refractivity contribution >= 4 is 11.8 Å². The van der Waals surface area contributed by atoms with Crippen molar-refractivity contribution < 1.29 is 19.2 Å². The number of hydrogen-bond donors (Lipinski definition) is 1. The van der Waals surface area contributed by atoms with E-state index in [0.29, 0.717) is 49.6 Å². The second kappa shape index (κ2) is 7.19. The van der Waals surface area contributed by atoms with Crippen molar-refractivity contribution in [3.63, 3.8) is 0 Å². The van der Waals surface area contributed by atoms with Gasteiger partial charge in [-0.05, 0) is 37.1 Å². The molecule has 1 N–H and O–H groups in total. The first-order valence-corrected chi connectivity index (χ1v) is 8.75. The normalized spacial score (nSPS) is 14.6.